The summed E-state index contributed by atoms with van der Waals surface area (Å²) in [5.74, 6) is 1.11. The number of ether oxygens (including phenoxy) is 1. The second-order valence-corrected chi connectivity index (χ2v) is 5.82. The molecule has 1 N–H and O–H groups in total. The van der Waals surface area contributed by atoms with Crippen LogP contribution >= 0.6 is 23.4 Å². The van der Waals surface area contributed by atoms with E-state index in [0.29, 0.717) is 5.92 Å². The number of aliphatic hydroxyl groups excluding tert-OH is 1. The average Bonchev–Trinajstić information content (AvgIpc) is 2.37. The van der Waals surface area contributed by atoms with E-state index in [1.165, 1.54) is 0 Å². The van der Waals surface area contributed by atoms with E-state index in [2.05, 4.69) is 0 Å². The summed E-state index contributed by atoms with van der Waals surface area (Å²) in [5.41, 5.74) is 0. The first-order valence-corrected chi connectivity index (χ1v) is 7.26. The van der Waals surface area contributed by atoms with Crippen LogP contribution in [0, 0.1) is 5.92 Å². The predicted molar refractivity (Wildman–Crippen MR) is 71.7 cm³/mol. The van der Waals surface area contributed by atoms with Gasteiger partial charge in [0.1, 0.15) is 0 Å². The number of hydrogen-bond acceptors (Lipinski definition) is 3. The van der Waals surface area contributed by atoms with E-state index in [9.17, 15) is 5.11 Å². The van der Waals surface area contributed by atoms with Gasteiger partial charge >= 0.3 is 0 Å². The lowest BCUT2D eigenvalue weighted by Gasteiger charge is -2.26. The van der Waals surface area contributed by atoms with Crippen LogP contribution in [0.15, 0.2) is 29.2 Å². The van der Waals surface area contributed by atoms with Crippen LogP contribution in [-0.4, -0.2) is 30.2 Å². The fourth-order valence-electron chi connectivity index (χ4n) is 1.98. The van der Waals surface area contributed by atoms with E-state index < -0.39 is 0 Å². The maximum atomic E-state index is 10.1. The molecule has 1 aliphatic heterocycles. The Labute approximate surface area is 111 Å². The van der Waals surface area contributed by atoms with Crippen LogP contribution in [0.3, 0.4) is 0 Å². The number of thioether (sulfide) groups is 1. The summed E-state index contributed by atoms with van der Waals surface area (Å²) < 4.78 is 5.29. The minimum Gasteiger partial charge on any atom is -0.392 e. The lowest BCUT2D eigenvalue weighted by Crippen LogP contribution is -2.28. The van der Waals surface area contributed by atoms with Crippen molar-refractivity contribution in [2.75, 3.05) is 19.0 Å². The molecule has 94 valence electrons. The molecule has 0 aliphatic carbocycles. The van der Waals surface area contributed by atoms with Crippen LogP contribution in [0.2, 0.25) is 5.02 Å². The zero-order valence-electron chi connectivity index (χ0n) is 9.64. The monoisotopic (exact) mass is 272 g/mol. The topological polar surface area (TPSA) is 29.5 Å². The van der Waals surface area contributed by atoms with Gasteiger partial charge in [0.2, 0.25) is 0 Å². The van der Waals surface area contributed by atoms with Crippen molar-refractivity contribution in [3.05, 3.63) is 29.3 Å². The SMILES string of the molecule is OC(CSc1cccc(Cl)c1)C1CCOCC1. The van der Waals surface area contributed by atoms with Crippen LogP contribution < -0.4 is 0 Å². The molecule has 17 heavy (non-hydrogen) atoms. The maximum absolute atomic E-state index is 10.1. The van der Waals surface area contributed by atoms with Gasteiger partial charge in [0.25, 0.3) is 0 Å². The highest BCUT2D eigenvalue weighted by Gasteiger charge is 2.21. The smallest absolute Gasteiger partial charge is 0.0663 e. The number of hydrogen-bond donors (Lipinski definition) is 1. The van der Waals surface area contributed by atoms with Crippen molar-refractivity contribution in [3.63, 3.8) is 0 Å². The third-order valence-corrected chi connectivity index (χ3v) is 4.36. The molecule has 0 radical (unpaired) electrons. The highest BCUT2D eigenvalue weighted by molar-refractivity contribution is 7.99. The summed E-state index contributed by atoms with van der Waals surface area (Å²) in [7, 11) is 0. The molecule has 1 heterocycles. The van der Waals surface area contributed by atoms with Gasteiger partial charge in [-0.2, -0.15) is 0 Å². The van der Waals surface area contributed by atoms with E-state index in [4.69, 9.17) is 16.3 Å². The van der Waals surface area contributed by atoms with Gasteiger partial charge in [-0.1, -0.05) is 17.7 Å². The van der Waals surface area contributed by atoms with Gasteiger partial charge in [0.05, 0.1) is 6.10 Å². The second kappa shape index (κ2) is 6.64. The summed E-state index contributed by atoms with van der Waals surface area (Å²) in [6.45, 7) is 1.56. The lowest BCUT2D eigenvalue weighted by atomic mass is 9.95. The molecular formula is C13H17ClO2S. The summed E-state index contributed by atoms with van der Waals surface area (Å²) in [5, 5.41) is 10.8. The van der Waals surface area contributed by atoms with Gasteiger partial charge in [-0.25, -0.2) is 0 Å². The van der Waals surface area contributed by atoms with E-state index in [1.54, 1.807) is 11.8 Å². The van der Waals surface area contributed by atoms with Crippen molar-refractivity contribution in [1.82, 2.24) is 0 Å². The highest BCUT2D eigenvalue weighted by Crippen LogP contribution is 2.26. The molecular weight excluding hydrogens is 256 g/mol. The minimum atomic E-state index is -0.247. The molecule has 1 aromatic rings. The molecule has 0 spiro atoms. The fourth-order valence-corrected chi connectivity index (χ4v) is 3.25. The Morgan fingerprint density at radius 1 is 1.41 bits per heavy atom. The van der Waals surface area contributed by atoms with Gasteiger partial charge in [0.15, 0.2) is 0 Å². The minimum absolute atomic E-state index is 0.247. The predicted octanol–water partition coefficient (Wildman–Crippen LogP) is 3.22. The van der Waals surface area contributed by atoms with Crippen LogP contribution in [0.4, 0.5) is 0 Å². The average molecular weight is 273 g/mol. The van der Waals surface area contributed by atoms with Crippen molar-refractivity contribution in [2.24, 2.45) is 5.92 Å². The van der Waals surface area contributed by atoms with Gasteiger partial charge in [-0.15, -0.1) is 11.8 Å². The molecule has 0 aromatic heterocycles. The Bertz CT molecular complexity index is 353. The van der Waals surface area contributed by atoms with Crippen molar-refractivity contribution < 1.29 is 9.84 Å². The molecule has 2 rings (SSSR count). The molecule has 1 aliphatic rings. The zero-order chi connectivity index (χ0) is 12.1. The Kier molecular flexibility index (Phi) is 5.16. The van der Waals surface area contributed by atoms with Crippen molar-refractivity contribution in [2.45, 2.75) is 23.8 Å². The summed E-state index contributed by atoms with van der Waals surface area (Å²) >= 11 is 7.58. The van der Waals surface area contributed by atoms with Crippen LogP contribution in [0.1, 0.15) is 12.8 Å². The van der Waals surface area contributed by atoms with E-state index in [-0.39, 0.29) is 6.10 Å². The van der Waals surface area contributed by atoms with Crippen LogP contribution in [-0.2, 0) is 4.74 Å². The summed E-state index contributed by atoms with van der Waals surface area (Å²) in [6, 6.07) is 7.75. The van der Waals surface area contributed by atoms with Gasteiger partial charge in [0, 0.05) is 28.9 Å². The molecule has 0 saturated carbocycles. The highest BCUT2D eigenvalue weighted by atomic mass is 35.5. The Balaban J connectivity index is 1.80. The first kappa shape index (κ1) is 13.2. The zero-order valence-corrected chi connectivity index (χ0v) is 11.2. The van der Waals surface area contributed by atoms with E-state index in [1.807, 2.05) is 24.3 Å². The quantitative estimate of drug-likeness (QED) is 0.854. The Hall–Kier alpha value is -0.220. The molecule has 1 unspecified atom stereocenters. The van der Waals surface area contributed by atoms with Crippen molar-refractivity contribution >= 4 is 23.4 Å². The van der Waals surface area contributed by atoms with Crippen molar-refractivity contribution in [1.29, 1.82) is 0 Å². The number of aliphatic hydroxyl groups is 1. The number of halogens is 1. The van der Waals surface area contributed by atoms with E-state index in [0.717, 1.165) is 41.7 Å². The van der Waals surface area contributed by atoms with Crippen LogP contribution in [0.25, 0.3) is 0 Å². The third kappa shape index (κ3) is 4.18. The Morgan fingerprint density at radius 2 is 2.18 bits per heavy atom. The van der Waals surface area contributed by atoms with Crippen LogP contribution in [0.5, 0.6) is 0 Å². The second-order valence-electron chi connectivity index (χ2n) is 4.29. The molecule has 0 bridgehead atoms. The molecule has 1 fully saturated rings. The van der Waals surface area contributed by atoms with Gasteiger partial charge in [-0.3, -0.25) is 0 Å². The lowest BCUT2D eigenvalue weighted by molar-refractivity contribution is 0.0169. The number of rotatable bonds is 4. The van der Waals surface area contributed by atoms with Gasteiger partial charge in [-0.05, 0) is 37.0 Å². The Morgan fingerprint density at radius 3 is 2.88 bits per heavy atom. The summed E-state index contributed by atoms with van der Waals surface area (Å²) in [6.07, 6.45) is 1.69. The maximum Gasteiger partial charge on any atom is 0.0663 e. The third-order valence-electron chi connectivity index (χ3n) is 3.03. The van der Waals surface area contributed by atoms with Gasteiger partial charge < -0.3 is 9.84 Å². The first-order valence-electron chi connectivity index (χ1n) is 5.90. The van der Waals surface area contributed by atoms with E-state index >= 15 is 0 Å². The molecule has 1 aromatic carbocycles. The first-order chi connectivity index (χ1) is 8.25. The molecule has 2 nitrogen and oxygen atoms in total. The van der Waals surface area contributed by atoms with Crippen molar-refractivity contribution in [3.8, 4) is 0 Å². The standard InChI is InChI=1S/C13H17ClO2S/c14-11-2-1-3-12(8-11)17-9-13(15)10-4-6-16-7-5-10/h1-3,8,10,13,15H,4-7,9H2. The molecule has 1 atom stereocenters. The normalized spacial score (nSPS) is 19.2. The molecule has 4 heteroatoms. The largest absolute Gasteiger partial charge is 0.392 e. The molecule has 0 amide bonds. The number of benzene rings is 1. The molecule has 1 saturated heterocycles. The summed E-state index contributed by atoms with van der Waals surface area (Å²) in [4.78, 5) is 1.11. The fraction of sp³-hybridized carbons (Fsp3) is 0.538.